The molecule has 0 aromatic heterocycles. The predicted molar refractivity (Wildman–Crippen MR) is 51.2 cm³/mol. The van der Waals surface area contributed by atoms with Crippen molar-refractivity contribution >= 4 is 0 Å². The highest BCUT2D eigenvalue weighted by Gasteiger charge is 2.09. The van der Waals surface area contributed by atoms with Gasteiger partial charge in [-0.25, -0.2) is 5.90 Å². The third-order valence-electron chi connectivity index (χ3n) is 2.01. The second kappa shape index (κ2) is 4.25. The van der Waals surface area contributed by atoms with Crippen LogP contribution in [0.25, 0.3) is 0 Å². The first-order chi connectivity index (χ1) is 6.16. The Labute approximate surface area is 78.1 Å². The zero-order valence-corrected chi connectivity index (χ0v) is 7.95. The van der Waals surface area contributed by atoms with Crippen molar-refractivity contribution in [2.45, 2.75) is 26.4 Å². The summed E-state index contributed by atoms with van der Waals surface area (Å²) < 4.78 is 0. The van der Waals surface area contributed by atoms with Gasteiger partial charge in [0.15, 0.2) is 0 Å². The third-order valence-corrected chi connectivity index (χ3v) is 2.01. The molecule has 3 heteroatoms. The molecule has 0 aliphatic rings. The van der Waals surface area contributed by atoms with E-state index < -0.39 is 0 Å². The largest absolute Gasteiger partial charge is 0.507 e. The Balaban J connectivity index is 3.03. The Morgan fingerprint density at radius 1 is 1.46 bits per heavy atom. The molecule has 0 heterocycles. The van der Waals surface area contributed by atoms with Crippen molar-refractivity contribution in [2.24, 2.45) is 5.90 Å². The summed E-state index contributed by atoms with van der Waals surface area (Å²) >= 11 is 0. The van der Waals surface area contributed by atoms with Gasteiger partial charge in [0.25, 0.3) is 0 Å². The first-order valence-corrected chi connectivity index (χ1v) is 4.29. The lowest BCUT2D eigenvalue weighted by Crippen LogP contribution is -2.00. The van der Waals surface area contributed by atoms with Crippen LogP contribution < -0.4 is 5.90 Å². The van der Waals surface area contributed by atoms with Crippen molar-refractivity contribution in [3.8, 4) is 5.75 Å². The van der Waals surface area contributed by atoms with E-state index in [0.717, 1.165) is 11.1 Å². The van der Waals surface area contributed by atoms with Crippen LogP contribution in [0.4, 0.5) is 0 Å². The number of para-hydroxylation sites is 1. The molecule has 0 fully saturated rings. The van der Waals surface area contributed by atoms with Gasteiger partial charge in [0.05, 0.1) is 6.61 Å². The van der Waals surface area contributed by atoms with Crippen LogP contribution in [0.2, 0.25) is 0 Å². The molecule has 0 spiro atoms. The fraction of sp³-hybridized carbons (Fsp3) is 0.400. The van der Waals surface area contributed by atoms with E-state index in [9.17, 15) is 5.11 Å². The monoisotopic (exact) mass is 181 g/mol. The van der Waals surface area contributed by atoms with Crippen LogP contribution in [0.5, 0.6) is 5.75 Å². The predicted octanol–water partition coefficient (Wildman–Crippen LogP) is 1.91. The summed E-state index contributed by atoms with van der Waals surface area (Å²) in [6.07, 6.45) is 0. The van der Waals surface area contributed by atoms with Crippen LogP contribution in [0, 0.1) is 0 Å². The van der Waals surface area contributed by atoms with Crippen LogP contribution >= 0.6 is 0 Å². The van der Waals surface area contributed by atoms with Gasteiger partial charge < -0.3 is 5.11 Å². The highest BCUT2D eigenvalue weighted by molar-refractivity contribution is 5.41. The third kappa shape index (κ3) is 2.20. The normalized spacial score (nSPS) is 10.8. The summed E-state index contributed by atoms with van der Waals surface area (Å²) in [4.78, 5) is 4.48. The fourth-order valence-electron chi connectivity index (χ4n) is 1.28. The molecule has 3 nitrogen and oxygen atoms in total. The van der Waals surface area contributed by atoms with Gasteiger partial charge in [0.2, 0.25) is 0 Å². The van der Waals surface area contributed by atoms with E-state index in [2.05, 4.69) is 4.84 Å². The first-order valence-electron chi connectivity index (χ1n) is 4.29. The zero-order chi connectivity index (χ0) is 9.84. The molecule has 0 atom stereocenters. The molecule has 0 bridgehead atoms. The molecule has 0 radical (unpaired) electrons. The molecular weight excluding hydrogens is 166 g/mol. The standard InChI is InChI=1S/C10H15NO2/c1-7(2)9-5-3-4-8(6-13-11)10(9)12/h3-5,7,12H,6,11H2,1-2H3. The number of phenolic OH excluding ortho intramolecular Hbond substituents is 1. The highest BCUT2D eigenvalue weighted by Crippen LogP contribution is 2.28. The summed E-state index contributed by atoms with van der Waals surface area (Å²) in [6, 6.07) is 5.59. The first kappa shape index (κ1) is 10.0. The Kier molecular flexibility index (Phi) is 3.28. The molecule has 0 aliphatic carbocycles. The van der Waals surface area contributed by atoms with Gasteiger partial charge in [-0.1, -0.05) is 32.0 Å². The topological polar surface area (TPSA) is 55.5 Å². The molecule has 0 aliphatic heterocycles. The van der Waals surface area contributed by atoms with Crippen molar-refractivity contribution in [2.75, 3.05) is 0 Å². The van der Waals surface area contributed by atoms with Crippen LogP contribution in [0.15, 0.2) is 18.2 Å². The quantitative estimate of drug-likeness (QED) is 0.700. The molecule has 0 saturated heterocycles. The van der Waals surface area contributed by atoms with Crippen molar-refractivity contribution in [3.63, 3.8) is 0 Å². The SMILES string of the molecule is CC(C)c1cccc(CON)c1O. The van der Waals surface area contributed by atoms with Crippen molar-refractivity contribution in [1.82, 2.24) is 0 Å². The van der Waals surface area contributed by atoms with E-state index in [1.165, 1.54) is 0 Å². The highest BCUT2D eigenvalue weighted by atomic mass is 16.6. The Morgan fingerprint density at radius 3 is 2.69 bits per heavy atom. The molecule has 1 aromatic rings. The fourth-order valence-corrected chi connectivity index (χ4v) is 1.28. The summed E-state index contributed by atoms with van der Waals surface area (Å²) in [7, 11) is 0. The van der Waals surface area contributed by atoms with Gasteiger partial charge in [0, 0.05) is 5.56 Å². The Hall–Kier alpha value is -1.06. The van der Waals surface area contributed by atoms with Crippen LogP contribution in [-0.4, -0.2) is 5.11 Å². The second-order valence-corrected chi connectivity index (χ2v) is 3.32. The number of benzene rings is 1. The van der Waals surface area contributed by atoms with E-state index in [4.69, 9.17) is 5.90 Å². The minimum absolute atomic E-state index is 0.242. The molecule has 3 N–H and O–H groups in total. The van der Waals surface area contributed by atoms with Gasteiger partial charge in [-0.05, 0) is 11.5 Å². The summed E-state index contributed by atoms with van der Waals surface area (Å²) in [5.74, 6) is 5.54. The molecule has 0 saturated carbocycles. The molecule has 0 unspecified atom stereocenters. The Morgan fingerprint density at radius 2 is 2.15 bits per heavy atom. The molecule has 0 amide bonds. The molecule has 1 rings (SSSR count). The number of rotatable bonds is 3. The van der Waals surface area contributed by atoms with Crippen LogP contribution in [0.1, 0.15) is 30.9 Å². The maximum atomic E-state index is 9.75. The molecule has 72 valence electrons. The van der Waals surface area contributed by atoms with E-state index in [-0.39, 0.29) is 6.61 Å². The van der Waals surface area contributed by atoms with Gasteiger partial charge >= 0.3 is 0 Å². The van der Waals surface area contributed by atoms with Gasteiger partial charge in [-0.3, -0.25) is 4.84 Å². The summed E-state index contributed by atoms with van der Waals surface area (Å²) in [5.41, 5.74) is 1.66. The van der Waals surface area contributed by atoms with Crippen LogP contribution in [0.3, 0.4) is 0 Å². The molecule has 1 aromatic carbocycles. The lowest BCUT2D eigenvalue weighted by Gasteiger charge is -2.11. The number of hydrogen-bond donors (Lipinski definition) is 2. The van der Waals surface area contributed by atoms with Crippen LogP contribution in [-0.2, 0) is 11.4 Å². The van der Waals surface area contributed by atoms with Crippen molar-refractivity contribution in [3.05, 3.63) is 29.3 Å². The summed E-state index contributed by atoms with van der Waals surface area (Å²) in [5, 5.41) is 9.75. The van der Waals surface area contributed by atoms with E-state index in [0.29, 0.717) is 11.7 Å². The number of nitrogens with two attached hydrogens (primary N) is 1. The smallest absolute Gasteiger partial charge is 0.124 e. The van der Waals surface area contributed by atoms with E-state index in [1.807, 2.05) is 26.0 Å². The molecular formula is C10H15NO2. The van der Waals surface area contributed by atoms with Crippen molar-refractivity contribution < 1.29 is 9.94 Å². The minimum atomic E-state index is 0.242. The number of hydrogen-bond acceptors (Lipinski definition) is 3. The van der Waals surface area contributed by atoms with E-state index >= 15 is 0 Å². The summed E-state index contributed by atoms with van der Waals surface area (Å²) in [6.45, 7) is 4.30. The average molecular weight is 181 g/mol. The zero-order valence-electron chi connectivity index (χ0n) is 7.95. The van der Waals surface area contributed by atoms with Crippen molar-refractivity contribution in [1.29, 1.82) is 0 Å². The molecule has 13 heavy (non-hydrogen) atoms. The van der Waals surface area contributed by atoms with Gasteiger partial charge in [-0.15, -0.1) is 0 Å². The second-order valence-electron chi connectivity index (χ2n) is 3.32. The van der Waals surface area contributed by atoms with Gasteiger partial charge in [-0.2, -0.15) is 0 Å². The van der Waals surface area contributed by atoms with Gasteiger partial charge in [0.1, 0.15) is 5.75 Å². The maximum absolute atomic E-state index is 9.75. The average Bonchev–Trinajstić information content (AvgIpc) is 2.08. The Bertz CT molecular complexity index is 284. The lowest BCUT2D eigenvalue weighted by molar-refractivity contribution is 0.122. The minimum Gasteiger partial charge on any atom is -0.507 e. The maximum Gasteiger partial charge on any atom is 0.124 e. The lowest BCUT2D eigenvalue weighted by atomic mass is 9.99. The number of phenols is 1. The number of aromatic hydroxyl groups is 1. The van der Waals surface area contributed by atoms with E-state index in [1.54, 1.807) is 6.07 Å².